The monoisotopic (exact) mass is 429 g/mol. The van der Waals surface area contributed by atoms with Crippen molar-refractivity contribution in [3.63, 3.8) is 0 Å². The fourth-order valence-electron chi connectivity index (χ4n) is 2.99. The smallest absolute Gasteiger partial charge is 0.233 e. The molecular weight excluding hydrogens is 402 g/mol. The van der Waals surface area contributed by atoms with Gasteiger partial charge in [0, 0.05) is 44.6 Å². The number of hydrogen-bond acceptors (Lipinski definition) is 5. The lowest BCUT2D eigenvalue weighted by Gasteiger charge is -2.35. The molecule has 1 heterocycles. The number of amides is 1. The molecule has 1 fully saturated rings. The van der Waals surface area contributed by atoms with Crippen LogP contribution in [0.1, 0.15) is 24.8 Å². The Hall–Kier alpha value is -1.75. The number of nitrogens with zero attached hydrogens (tertiary/aromatic N) is 2. The molecule has 0 aliphatic carbocycles. The first-order valence-corrected chi connectivity index (χ1v) is 12.4. The summed E-state index contributed by atoms with van der Waals surface area (Å²) in [5.41, 5.74) is 0.769. The molecule has 8 nitrogen and oxygen atoms in total. The van der Waals surface area contributed by atoms with Gasteiger partial charge in [0.1, 0.15) is 0 Å². The first-order chi connectivity index (χ1) is 13.1. The molecule has 1 aliphatic heterocycles. The highest BCUT2D eigenvalue weighted by molar-refractivity contribution is 7.92. The molecule has 156 valence electrons. The summed E-state index contributed by atoms with van der Waals surface area (Å²) >= 11 is 0. The Labute approximate surface area is 167 Å². The van der Waals surface area contributed by atoms with E-state index in [2.05, 4.69) is 4.72 Å². The maximum absolute atomic E-state index is 12.3. The summed E-state index contributed by atoms with van der Waals surface area (Å²) in [6.45, 7) is 0.942. The number of benzene rings is 1. The van der Waals surface area contributed by atoms with E-state index in [1.54, 1.807) is 24.1 Å². The summed E-state index contributed by atoms with van der Waals surface area (Å²) in [4.78, 5) is 13.9. The Kier molecular flexibility index (Phi) is 7.76. The third-order valence-electron chi connectivity index (χ3n) is 4.74. The highest BCUT2D eigenvalue weighted by Gasteiger charge is 2.28. The van der Waals surface area contributed by atoms with Gasteiger partial charge in [0.25, 0.3) is 0 Å². The van der Waals surface area contributed by atoms with Crippen LogP contribution < -0.4 is 4.72 Å². The molecule has 1 saturated heterocycles. The van der Waals surface area contributed by atoms with Crippen molar-refractivity contribution in [1.29, 1.82) is 0 Å². The third kappa shape index (κ3) is 7.01. The fourth-order valence-corrected chi connectivity index (χ4v) is 4.56. The standard InChI is InChI=1S/C18H27N3O5S2/c1-20(27(2,23)24)17-9-13-21(14-10-17)18(22)8-12-19-28(25,26)15-11-16-6-4-3-5-7-16/h3-7,11,15,17,19H,8-10,12-14H2,1-2H3/b15-11+. The molecule has 1 aromatic rings. The lowest BCUT2D eigenvalue weighted by atomic mass is 10.1. The zero-order chi connectivity index (χ0) is 20.8. The van der Waals surface area contributed by atoms with E-state index >= 15 is 0 Å². The van der Waals surface area contributed by atoms with Crippen molar-refractivity contribution in [1.82, 2.24) is 13.9 Å². The average Bonchev–Trinajstić information content (AvgIpc) is 2.66. The lowest BCUT2D eigenvalue weighted by Crippen LogP contribution is -2.47. The van der Waals surface area contributed by atoms with Gasteiger partial charge in [-0.1, -0.05) is 30.3 Å². The molecule has 0 saturated carbocycles. The fraction of sp³-hybridized carbons (Fsp3) is 0.500. The Morgan fingerprint density at radius 1 is 1.18 bits per heavy atom. The predicted molar refractivity (Wildman–Crippen MR) is 109 cm³/mol. The second-order valence-corrected chi connectivity index (χ2v) is 10.5. The van der Waals surface area contributed by atoms with Gasteiger partial charge in [-0.3, -0.25) is 4.79 Å². The minimum absolute atomic E-state index is 0.0173. The van der Waals surface area contributed by atoms with E-state index in [9.17, 15) is 21.6 Å². The Morgan fingerprint density at radius 3 is 2.36 bits per heavy atom. The zero-order valence-corrected chi connectivity index (χ0v) is 17.7. The molecule has 0 unspecified atom stereocenters. The zero-order valence-electron chi connectivity index (χ0n) is 16.1. The van der Waals surface area contributed by atoms with Crippen LogP contribution in [0.15, 0.2) is 35.7 Å². The number of sulfonamides is 2. The van der Waals surface area contributed by atoms with Gasteiger partial charge in [-0.15, -0.1) is 0 Å². The summed E-state index contributed by atoms with van der Waals surface area (Å²) < 4.78 is 50.9. The molecule has 0 radical (unpaired) electrons. The molecule has 0 bridgehead atoms. The molecular formula is C18H27N3O5S2. The molecule has 28 heavy (non-hydrogen) atoms. The normalized spacial score (nSPS) is 16.8. The number of nitrogens with one attached hydrogen (secondary N) is 1. The van der Waals surface area contributed by atoms with E-state index in [1.165, 1.54) is 16.6 Å². The lowest BCUT2D eigenvalue weighted by molar-refractivity contribution is -0.132. The summed E-state index contributed by atoms with van der Waals surface area (Å²) in [5.74, 6) is -0.143. The molecule has 0 aromatic heterocycles. The predicted octanol–water partition coefficient (Wildman–Crippen LogP) is 0.849. The van der Waals surface area contributed by atoms with Gasteiger partial charge in [-0.2, -0.15) is 0 Å². The van der Waals surface area contributed by atoms with Crippen LogP contribution in [-0.2, 0) is 24.8 Å². The minimum atomic E-state index is -3.62. The maximum atomic E-state index is 12.3. The topological polar surface area (TPSA) is 104 Å². The van der Waals surface area contributed by atoms with E-state index in [0.717, 1.165) is 11.0 Å². The second kappa shape index (κ2) is 9.64. The first-order valence-electron chi connectivity index (χ1n) is 9.02. The van der Waals surface area contributed by atoms with E-state index in [-0.39, 0.29) is 24.9 Å². The van der Waals surface area contributed by atoms with Crippen LogP contribution in [0.5, 0.6) is 0 Å². The highest BCUT2D eigenvalue weighted by atomic mass is 32.2. The van der Waals surface area contributed by atoms with Crippen LogP contribution in [0, 0.1) is 0 Å². The highest BCUT2D eigenvalue weighted by Crippen LogP contribution is 2.18. The molecule has 0 spiro atoms. The number of piperidine rings is 1. The molecule has 2 rings (SSSR count). The van der Waals surface area contributed by atoms with Crippen LogP contribution in [-0.4, -0.2) is 70.9 Å². The van der Waals surface area contributed by atoms with Gasteiger partial charge in [0.05, 0.1) is 6.26 Å². The number of carbonyl (C=O) groups is 1. The Bertz CT molecular complexity index is 890. The van der Waals surface area contributed by atoms with Gasteiger partial charge in [-0.05, 0) is 24.5 Å². The molecule has 10 heteroatoms. The van der Waals surface area contributed by atoms with Crippen LogP contribution in [0.3, 0.4) is 0 Å². The van der Waals surface area contributed by atoms with Crippen LogP contribution in [0.25, 0.3) is 6.08 Å². The van der Waals surface area contributed by atoms with E-state index in [4.69, 9.17) is 0 Å². The SMILES string of the molecule is CN(C1CCN(C(=O)CCNS(=O)(=O)/C=C/c2ccccc2)CC1)S(C)(=O)=O. The Morgan fingerprint density at radius 2 is 1.79 bits per heavy atom. The quantitative estimate of drug-likeness (QED) is 0.660. The van der Waals surface area contributed by atoms with Crippen molar-refractivity contribution in [2.24, 2.45) is 0 Å². The summed E-state index contributed by atoms with van der Waals surface area (Å²) in [6.07, 6.45) is 3.86. The number of likely N-dealkylation sites (tertiary alicyclic amines) is 1. The number of carbonyl (C=O) groups excluding carboxylic acids is 1. The van der Waals surface area contributed by atoms with Crippen molar-refractivity contribution in [3.05, 3.63) is 41.3 Å². The second-order valence-electron chi connectivity index (χ2n) is 6.79. The molecule has 1 amide bonds. The van der Waals surface area contributed by atoms with Crippen molar-refractivity contribution >= 4 is 32.0 Å². The maximum Gasteiger partial charge on any atom is 0.233 e. The summed E-state index contributed by atoms with van der Waals surface area (Å²) in [7, 11) is -5.32. The molecule has 0 atom stereocenters. The molecule has 1 N–H and O–H groups in total. The summed E-state index contributed by atoms with van der Waals surface area (Å²) in [6, 6.07) is 8.95. The van der Waals surface area contributed by atoms with E-state index in [0.29, 0.717) is 25.9 Å². The average molecular weight is 430 g/mol. The Balaban J connectivity index is 1.76. The van der Waals surface area contributed by atoms with Crippen molar-refractivity contribution in [2.75, 3.05) is 32.9 Å². The third-order valence-corrected chi connectivity index (χ3v) is 7.18. The van der Waals surface area contributed by atoms with Gasteiger partial charge < -0.3 is 4.90 Å². The largest absolute Gasteiger partial charge is 0.343 e. The van der Waals surface area contributed by atoms with Gasteiger partial charge in [0.15, 0.2) is 0 Å². The van der Waals surface area contributed by atoms with Crippen molar-refractivity contribution in [3.8, 4) is 0 Å². The van der Waals surface area contributed by atoms with Gasteiger partial charge in [-0.25, -0.2) is 25.9 Å². The van der Waals surface area contributed by atoms with Gasteiger partial charge in [0.2, 0.25) is 26.0 Å². The summed E-state index contributed by atoms with van der Waals surface area (Å²) in [5, 5.41) is 1.08. The van der Waals surface area contributed by atoms with Crippen LogP contribution in [0.2, 0.25) is 0 Å². The minimum Gasteiger partial charge on any atom is -0.343 e. The number of rotatable bonds is 8. The van der Waals surface area contributed by atoms with Crippen LogP contribution >= 0.6 is 0 Å². The van der Waals surface area contributed by atoms with Crippen molar-refractivity contribution in [2.45, 2.75) is 25.3 Å². The van der Waals surface area contributed by atoms with Crippen molar-refractivity contribution < 1.29 is 21.6 Å². The van der Waals surface area contributed by atoms with Gasteiger partial charge >= 0.3 is 0 Å². The van der Waals surface area contributed by atoms with E-state index < -0.39 is 20.0 Å². The van der Waals surface area contributed by atoms with Crippen LogP contribution in [0.4, 0.5) is 0 Å². The first kappa shape index (κ1) is 22.5. The number of hydrogen-bond donors (Lipinski definition) is 1. The molecule has 1 aromatic carbocycles. The van der Waals surface area contributed by atoms with E-state index in [1.807, 2.05) is 18.2 Å². The molecule has 1 aliphatic rings.